The summed E-state index contributed by atoms with van der Waals surface area (Å²) in [5.74, 6) is -0.896. The van der Waals surface area contributed by atoms with E-state index in [-0.39, 0.29) is 11.8 Å². The number of aliphatic carboxylic acids is 1. The predicted molar refractivity (Wildman–Crippen MR) is 128 cm³/mol. The molecule has 0 bridgehead atoms. The second kappa shape index (κ2) is 12.8. The second-order valence-corrected chi connectivity index (χ2v) is 8.59. The van der Waals surface area contributed by atoms with Crippen molar-refractivity contribution in [2.24, 2.45) is 0 Å². The third-order valence-electron chi connectivity index (χ3n) is 5.37. The Morgan fingerprint density at radius 3 is 2.24 bits per heavy atom. The first-order chi connectivity index (χ1) is 15.7. The van der Waals surface area contributed by atoms with Crippen LogP contribution in [0.25, 0.3) is 0 Å². The minimum Gasteiger partial charge on any atom is -0.478 e. The van der Waals surface area contributed by atoms with E-state index in [0.29, 0.717) is 30.9 Å². The first-order valence-electron chi connectivity index (χ1n) is 11.5. The van der Waals surface area contributed by atoms with E-state index in [4.69, 9.17) is 4.74 Å². The van der Waals surface area contributed by atoms with Crippen LogP contribution in [0.3, 0.4) is 0 Å². The fraction of sp³-hybridized carbons (Fsp3) is 0.462. The Bertz CT molecular complexity index is 882. The molecule has 7 heteroatoms. The number of carboxylic acids is 1. The summed E-state index contributed by atoms with van der Waals surface area (Å²) in [5, 5.41) is 12.1. The number of rotatable bonds is 13. The van der Waals surface area contributed by atoms with Crippen LogP contribution in [0.15, 0.2) is 48.5 Å². The standard InChI is InChI=1S/C26H35FN2O4/c1-4-5-6-7-8-19-29(22-13-11-21(27)12-14-22)25(32)28-18-17-20-9-15-23(16-10-20)33-26(2,3)24(30)31/h9-16H,4-8,17-19H2,1-3H3,(H,28,32)(H,30,31). The minimum absolute atomic E-state index is 0.208. The normalized spacial score (nSPS) is 11.2. The molecule has 0 unspecified atom stereocenters. The molecule has 0 aliphatic rings. The van der Waals surface area contributed by atoms with Gasteiger partial charge in [0.05, 0.1) is 0 Å². The number of carbonyl (C=O) groups excluding carboxylic acids is 1. The van der Waals surface area contributed by atoms with Crippen LogP contribution in [0.5, 0.6) is 5.75 Å². The molecule has 2 aromatic rings. The van der Waals surface area contributed by atoms with Crippen LogP contribution in [0, 0.1) is 5.82 Å². The summed E-state index contributed by atoms with van der Waals surface area (Å²) in [6.45, 7) is 6.17. The summed E-state index contributed by atoms with van der Waals surface area (Å²) in [6.07, 6.45) is 6.03. The van der Waals surface area contributed by atoms with Crippen molar-refractivity contribution >= 4 is 17.7 Å². The molecule has 0 aliphatic carbocycles. The number of hydrogen-bond acceptors (Lipinski definition) is 3. The lowest BCUT2D eigenvalue weighted by Crippen LogP contribution is -2.41. The average Bonchev–Trinajstić information content (AvgIpc) is 2.78. The second-order valence-electron chi connectivity index (χ2n) is 8.59. The van der Waals surface area contributed by atoms with Crippen LogP contribution >= 0.6 is 0 Å². The van der Waals surface area contributed by atoms with Crippen molar-refractivity contribution < 1.29 is 23.8 Å². The maximum Gasteiger partial charge on any atom is 0.347 e. The highest BCUT2D eigenvalue weighted by molar-refractivity contribution is 5.91. The van der Waals surface area contributed by atoms with E-state index < -0.39 is 11.6 Å². The number of amides is 2. The molecule has 6 nitrogen and oxygen atoms in total. The summed E-state index contributed by atoms with van der Waals surface area (Å²) in [7, 11) is 0. The molecule has 0 atom stereocenters. The van der Waals surface area contributed by atoms with E-state index in [0.717, 1.165) is 31.2 Å². The smallest absolute Gasteiger partial charge is 0.347 e. The highest BCUT2D eigenvalue weighted by Crippen LogP contribution is 2.20. The molecule has 2 rings (SSSR count). The van der Waals surface area contributed by atoms with Gasteiger partial charge in [0.1, 0.15) is 11.6 Å². The number of benzene rings is 2. The van der Waals surface area contributed by atoms with Crippen molar-refractivity contribution in [1.82, 2.24) is 5.32 Å². The van der Waals surface area contributed by atoms with E-state index in [1.165, 1.54) is 32.4 Å². The third-order valence-corrected chi connectivity index (χ3v) is 5.37. The molecule has 2 aromatic carbocycles. The van der Waals surface area contributed by atoms with Gasteiger partial charge in [0.25, 0.3) is 0 Å². The van der Waals surface area contributed by atoms with Gasteiger partial charge in [0.15, 0.2) is 5.60 Å². The third kappa shape index (κ3) is 8.75. The Labute approximate surface area is 195 Å². The van der Waals surface area contributed by atoms with Crippen LogP contribution in [0.2, 0.25) is 0 Å². The summed E-state index contributed by atoms with van der Waals surface area (Å²) >= 11 is 0. The van der Waals surface area contributed by atoms with Crippen LogP contribution < -0.4 is 15.0 Å². The molecule has 0 aliphatic heterocycles. The lowest BCUT2D eigenvalue weighted by Gasteiger charge is -2.23. The fourth-order valence-corrected chi connectivity index (χ4v) is 3.31. The number of ether oxygens (including phenoxy) is 1. The Kier molecular flexibility index (Phi) is 10.2. The van der Waals surface area contributed by atoms with E-state index in [1.807, 2.05) is 12.1 Å². The Morgan fingerprint density at radius 2 is 1.64 bits per heavy atom. The summed E-state index contributed by atoms with van der Waals surface area (Å²) < 4.78 is 18.8. The van der Waals surface area contributed by atoms with Crippen molar-refractivity contribution in [3.05, 3.63) is 59.9 Å². The van der Waals surface area contributed by atoms with E-state index in [1.54, 1.807) is 29.2 Å². The number of carboxylic acid groups (broad SMARTS) is 1. The maximum atomic E-state index is 13.3. The van der Waals surface area contributed by atoms with Gasteiger partial charge in [-0.2, -0.15) is 0 Å². The lowest BCUT2D eigenvalue weighted by atomic mass is 10.1. The zero-order valence-electron chi connectivity index (χ0n) is 19.8. The van der Waals surface area contributed by atoms with Crippen LogP contribution in [0.4, 0.5) is 14.9 Å². The van der Waals surface area contributed by atoms with Gasteiger partial charge in [-0.05, 0) is 68.7 Å². The number of carbonyl (C=O) groups is 2. The monoisotopic (exact) mass is 458 g/mol. The first kappa shape index (κ1) is 26.2. The number of anilines is 1. The zero-order valence-corrected chi connectivity index (χ0v) is 19.8. The number of halogens is 1. The molecular weight excluding hydrogens is 423 g/mol. The molecular formula is C26H35FN2O4. The van der Waals surface area contributed by atoms with Gasteiger partial charge < -0.3 is 15.2 Å². The highest BCUT2D eigenvalue weighted by Gasteiger charge is 2.29. The minimum atomic E-state index is -1.31. The first-order valence-corrected chi connectivity index (χ1v) is 11.5. The molecule has 0 fully saturated rings. The number of unbranched alkanes of at least 4 members (excludes halogenated alkanes) is 4. The molecule has 180 valence electrons. The van der Waals surface area contributed by atoms with Gasteiger partial charge in [0, 0.05) is 18.8 Å². The summed E-state index contributed by atoms with van der Waals surface area (Å²) in [4.78, 5) is 25.7. The Morgan fingerprint density at radius 1 is 1.00 bits per heavy atom. The Balaban J connectivity index is 1.90. The fourth-order valence-electron chi connectivity index (χ4n) is 3.31. The summed E-state index contributed by atoms with van der Waals surface area (Å²) in [6, 6.07) is 12.9. The number of urea groups is 1. The van der Waals surface area contributed by atoms with E-state index in [2.05, 4.69) is 12.2 Å². The van der Waals surface area contributed by atoms with Crippen molar-refractivity contribution in [1.29, 1.82) is 0 Å². The van der Waals surface area contributed by atoms with E-state index in [9.17, 15) is 19.1 Å². The number of nitrogens with one attached hydrogen (secondary N) is 1. The van der Waals surface area contributed by atoms with Crippen molar-refractivity contribution in [2.45, 2.75) is 64.9 Å². The van der Waals surface area contributed by atoms with Crippen molar-refractivity contribution in [2.75, 3.05) is 18.0 Å². The zero-order chi connectivity index (χ0) is 24.3. The predicted octanol–water partition coefficient (Wildman–Crippen LogP) is 5.80. The van der Waals surface area contributed by atoms with Gasteiger partial charge in [-0.25, -0.2) is 14.0 Å². The van der Waals surface area contributed by atoms with Gasteiger partial charge in [0.2, 0.25) is 0 Å². The molecule has 0 saturated carbocycles. The molecule has 2 N–H and O–H groups in total. The molecule has 0 heterocycles. The van der Waals surface area contributed by atoms with Gasteiger partial charge in [-0.3, -0.25) is 4.90 Å². The van der Waals surface area contributed by atoms with Crippen molar-refractivity contribution in [3.8, 4) is 5.75 Å². The molecule has 0 spiro atoms. The SMILES string of the molecule is CCCCCCCN(C(=O)NCCc1ccc(OC(C)(C)C(=O)O)cc1)c1ccc(F)cc1. The van der Waals surface area contributed by atoms with Crippen LogP contribution in [-0.4, -0.2) is 35.8 Å². The number of hydrogen-bond donors (Lipinski definition) is 2. The molecule has 2 amide bonds. The maximum absolute atomic E-state index is 13.3. The number of nitrogens with zero attached hydrogens (tertiary/aromatic N) is 1. The van der Waals surface area contributed by atoms with Crippen molar-refractivity contribution in [3.63, 3.8) is 0 Å². The van der Waals surface area contributed by atoms with Crippen LogP contribution in [-0.2, 0) is 11.2 Å². The van der Waals surface area contributed by atoms with Crippen LogP contribution in [0.1, 0.15) is 58.4 Å². The molecule has 0 aromatic heterocycles. The van der Waals surface area contributed by atoms with Gasteiger partial charge in [-0.1, -0.05) is 44.7 Å². The molecule has 0 radical (unpaired) electrons. The lowest BCUT2D eigenvalue weighted by molar-refractivity contribution is -0.152. The Hall–Kier alpha value is -3.09. The highest BCUT2D eigenvalue weighted by atomic mass is 19.1. The average molecular weight is 459 g/mol. The van der Waals surface area contributed by atoms with E-state index >= 15 is 0 Å². The molecule has 0 saturated heterocycles. The summed E-state index contributed by atoms with van der Waals surface area (Å²) in [5.41, 5.74) is 0.353. The topological polar surface area (TPSA) is 78.9 Å². The molecule has 33 heavy (non-hydrogen) atoms. The van der Waals surface area contributed by atoms with Gasteiger partial charge >= 0.3 is 12.0 Å². The quantitative estimate of drug-likeness (QED) is 0.372. The van der Waals surface area contributed by atoms with Gasteiger partial charge in [-0.15, -0.1) is 0 Å². The largest absolute Gasteiger partial charge is 0.478 e.